The SMILES string of the molecule is CC(C)(C)C(NC(=O)C1CCC(CN)O1)C(=O)O. The lowest BCUT2D eigenvalue weighted by atomic mass is 9.86. The van der Waals surface area contributed by atoms with Gasteiger partial charge in [-0.2, -0.15) is 0 Å². The first kappa shape index (κ1) is 14.9. The molecule has 1 amide bonds. The Hall–Kier alpha value is -1.14. The van der Waals surface area contributed by atoms with Gasteiger partial charge in [0.05, 0.1) is 6.10 Å². The van der Waals surface area contributed by atoms with Gasteiger partial charge in [0.2, 0.25) is 5.91 Å². The summed E-state index contributed by atoms with van der Waals surface area (Å²) < 4.78 is 5.44. The Morgan fingerprint density at radius 2 is 2.06 bits per heavy atom. The molecule has 6 nitrogen and oxygen atoms in total. The van der Waals surface area contributed by atoms with Crippen molar-refractivity contribution in [2.24, 2.45) is 11.1 Å². The third-order valence-corrected chi connectivity index (χ3v) is 3.06. The van der Waals surface area contributed by atoms with Crippen molar-refractivity contribution in [2.45, 2.75) is 51.9 Å². The molecular formula is C12H22N2O4. The van der Waals surface area contributed by atoms with E-state index in [2.05, 4.69) is 5.32 Å². The normalized spacial score (nSPS) is 25.8. The Kier molecular flexibility index (Phi) is 4.70. The molecule has 1 aliphatic heterocycles. The minimum atomic E-state index is -1.04. The second kappa shape index (κ2) is 5.67. The van der Waals surface area contributed by atoms with Crippen LogP contribution in [-0.2, 0) is 14.3 Å². The Morgan fingerprint density at radius 3 is 2.44 bits per heavy atom. The maximum Gasteiger partial charge on any atom is 0.326 e. The number of carbonyl (C=O) groups is 2. The Morgan fingerprint density at radius 1 is 1.44 bits per heavy atom. The third-order valence-electron chi connectivity index (χ3n) is 3.06. The number of carbonyl (C=O) groups excluding carboxylic acids is 1. The van der Waals surface area contributed by atoms with Crippen LogP contribution < -0.4 is 11.1 Å². The molecule has 3 unspecified atom stereocenters. The van der Waals surface area contributed by atoms with Crippen LogP contribution in [-0.4, -0.2) is 41.8 Å². The summed E-state index contributed by atoms with van der Waals surface area (Å²) in [5.41, 5.74) is 4.92. The van der Waals surface area contributed by atoms with E-state index in [0.717, 1.165) is 6.42 Å². The molecule has 1 fully saturated rings. The standard InChI is InChI=1S/C12H22N2O4/c1-12(2,3)9(11(16)17)14-10(15)8-5-4-7(6-13)18-8/h7-9H,4-6,13H2,1-3H3,(H,14,15)(H,16,17). The number of nitrogens with one attached hydrogen (secondary N) is 1. The van der Waals surface area contributed by atoms with Gasteiger partial charge >= 0.3 is 5.97 Å². The van der Waals surface area contributed by atoms with Crippen molar-refractivity contribution in [1.29, 1.82) is 0 Å². The first-order chi connectivity index (χ1) is 8.25. The first-order valence-electron chi connectivity index (χ1n) is 6.14. The van der Waals surface area contributed by atoms with Gasteiger partial charge in [-0.15, -0.1) is 0 Å². The summed E-state index contributed by atoms with van der Waals surface area (Å²) in [6.45, 7) is 5.68. The number of nitrogens with two attached hydrogens (primary N) is 1. The molecule has 18 heavy (non-hydrogen) atoms. The van der Waals surface area contributed by atoms with Crippen molar-refractivity contribution in [3.05, 3.63) is 0 Å². The first-order valence-corrected chi connectivity index (χ1v) is 6.14. The van der Waals surface area contributed by atoms with Gasteiger partial charge in [0.15, 0.2) is 0 Å². The fourth-order valence-corrected chi connectivity index (χ4v) is 1.96. The summed E-state index contributed by atoms with van der Waals surface area (Å²) >= 11 is 0. The van der Waals surface area contributed by atoms with E-state index in [9.17, 15) is 9.59 Å². The molecule has 1 heterocycles. The van der Waals surface area contributed by atoms with Crippen LogP contribution >= 0.6 is 0 Å². The van der Waals surface area contributed by atoms with E-state index in [-0.39, 0.29) is 12.0 Å². The van der Waals surface area contributed by atoms with Crippen LogP contribution in [0.4, 0.5) is 0 Å². The summed E-state index contributed by atoms with van der Waals surface area (Å²) in [6.07, 6.45) is 0.646. The van der Waals surface area contributed by atoms with Crippen LogP contribution in [0.1, 0.15) is 33.6 Å². The number of carboxylic acids is 1. The van der Waals surface area contributed by atoms with Gasteiger partial charge in [-0.3, -0.25) is 4.79 Å². The maximum absolute atomic E-state index is 11.9. The largest absolute Gasteiger partial charge is 0.480 e. The summed E-state index contributed by atoms with van der Waals surface area (Å²) in [5.74, 6) is -1.41. The minimum Gasteiger partial charge on any atom is -0.480 e. The van der Waals surface area contributed by atoms with E-state index in [0.29, 0.717) is 13.0 Å². The van der Waals surface area contributed by atoms with Gasteiger partial charge in [-0.05, 0) is 18.3 Å². The Balaban J connectivity index is 2.60. The second-order valence-electron chi connectivity index (χ2n) is 5.71. The molecule has 0 saturated carbocycles. The highest BCUT2D eigenvalue weighted by Crippen LogP contribution is 2.22. The molecule has 0 spiro atoms. The quantitative estimate of drug-likeness (QED) is 0.664. The van der Waals surface area contributed by atoms with Gasteiger partial charge in [0.1, 0.15) is 12.1 Å². The fraction of sp³-hybridized carbons (Fsp3) is 0.833. The molecule has 1 saturated heterocycles. The third kappa shape index (κ3) is 3.68. The molecule has 6 heteroatoms. The van der Waals surface area contributed by atoms with Crippen molar-refractivity contribution in [3.63, 3.8) is 0 Å². The van der Waals surface area contributed by atoms with Gasteiger partial charge in [0, 0.05) is 6.54 Å². The van der Waals surface area contributed by atoms with Crippen LogP contribution in [0.3, 0.4) is 0 Å². The smallest absolute Gasteiger partial charge is 0.326 e. The van der Waals surface area contributed by atoms with E-state index in [4.69, 9.17) is 15.6 Å². The molecule has 0 aromatic rings. The number of carboxylic acid groups (broad SMARTS) is 1. The number of hydrogen-bond donors (Lipinski definition) is 3. The molecule has 3 atom stereocenters. The van der Waals surface area contributed by atoms with Crippen LogP contribution in [0.15, 0.2) is 0 Å². The zero-order valence-electron chi connectivity index (χ0n) is 11.1. The van der Waals surface area contributed by atoms with Crippen LogP contribution in [0, 0.1) is 5.41 Å². The molecule has 0 bridgehead atoms. The molecule has 0 aromatic carbocycles. The molecule has 1 rings (SSSR count). The topological polar surface area (TPSA) is 102 Å². The monoisotopic (exact) mass is 258 g/mol. The van der Waals surface area contributed by atoms with Gasteiger partial charge < -0.3 is 20.9 Å². The summed E-state index contributed by atoms with van der Waals surface area (Å²) in [5, 5.41) is 11.7. The lowest BCUT2D eigenvalue weighted by Gasteiger charge is -2.28. The molecule has 104 valence electrons. The van der Waals surface area contributed by atoms with E-state index in [1.807, 2.05) is 0 Å². The van der Waals surface area contributed by atoms with Crippen LogP contribution in [0.5, 0.6) is 0 Å². The number of rotatable bonds is 4. The predicted octanol–water partition coefficient (Wildman–Crippen LogP) is 0.108. The van der Waals surface area contributed by atoms with Gasteiger partial charge in [-0.1, -0.05) is 20.8 Å². The lowest BCUT2D eigenvalue weighted by Crippen LogP contribution is -2.52. The van der Waals surface area contributed by atoms with E-state index in [1.54, 1.807) is 20.8 Å². The molecule has 1 aliphatic rings. The van der Waals surface area contributed by atoms with E-state index in [1.165, 1.54) is 0 Å². The van der Waals surface area contributed by atoms with Crippen molar-refractivity contribution in [2.75, 3.05) is 6.54 Å². The molecular weight excluding hydrogens is 236 g/mol. The van der Waals surface area contributed by atoms with Gasteiger partial charge in [0.25, 0.3) is 0 Å². The van der Waals surface area contributed by atoms with Crippen molar-refractivity contribution in [3.8, 4) is 0 Å². The van der Waals surface area contributed by atoms with E-state index < -0.39 is 23.5 Å². The average Bonchev–Trinajstić information content (AvgIpc) is 2.71. The molecule has 4 N–H and O–H groups in total. The van der Waals surface area contributed by atoms with Crippen molar-refractivity contribution in [1.82, 2.24) is 5.32 Å². The summed E-state index contributed by atoms with van der Waals surface area (Å²) in [6, 6.07) is -0.925. The second-order valence-corrected chi connectivity index (χ2v) is 5.71. The van der Waals surface area contributed by atoms with Gasteiger partial charge in [-0.25, -0.2) is 4.79 Å². The fourth-order valence-electron chi connectivity index (χ4n) is 1.96. The van der Waals surface area contributed by atoms with Crippen LogP contribution in [0.25, 0.3) is 0 Å². The van der Waals surface area contributed by atoms with Crippen molar-refractivity contribution < 1.29 is 19.4 Å². The predicted molar refractivity (Wildman–Crippen MR) is 66.0 cm³/mol. The van der Waals surface area contributed by atoms with Crippen LogP contribution in [0.2, 0.25) is 0 Å². The lowest BCUT2D eigenvalue weighted by molar-refractivity contribution is -0.147. The Bertz CT molecular complexity index is 325. The molecule has 0 aliphatic carbocycles. The van der Waals surface area contributed by atoms with Crippen molar-refractivity contribution >= 4 is 11.9 Å². The highest BCUT2D eigenvalue weighted by molar-refractivity contribution is 5.86. The summed E-state index contributed by atoms with van der Waals surface area (Å²) in [7, 11) is 0. The average molecular weight is 258 g/mol. The zero-order valence-corrected chi connectivity index (χ0v) is 11.1. The highest BCUT2D eigenvalue weighted by atomic mass is 16.5. The van der Waals surface area contributed by atoms with E-state index >= 15 is 0 Å². The zero-order chi connectivity index (χ0) is 13.9. The number of amides is 1. The minimum absolute atomic E-state index is 0.0985. The Labute approximate surface area is 107 Å². The summed E-state index contributed by atoms with van der Waals surface area (Å²) in [4.78, 5) is 23.1. The molecule has 0 radical (unpaired) electrons. The number of hydrogen-bond acceptors (Lipinski definition) is 4. The highest BCUT2D eigenvalue weighted by Gasteiger charge is 2.36. The molecule has 0 aromatic heterocycles. The maximum atomic E-state index is 11.9. The number of ether oxygens (including phenoxy) is 1. The number of aliphatic carboxylic acids is 1.